The number of halogens is 1. The van der Waals surface area contributed by atoms with Crippen LogP contribution in [0.15, 0.2) is 18.2 Å². The summed E-state index contributed by atoms with van der Waals surface area (Å²) in [6, 6.07) is 4.71. The highest BCUT2D eigenvalue weighted by Gasteiger charge is 2.51. The first kappa shape index (κ1) is 14.0. The first-order valence-corrected chi connectivity index (χ1v) is 7.31. The summed E-state index contributed by atoms with van der Waals surface area (Å²) in [6.07, 6.45) is 2.13. The predicted octanol–water partition coefficient (Wildman–Crippen LogP) is 2.16. The van der Waals surface area contributed by atoms with Crippen LogP contribution >= 0.6 is 0 Å². The lowest BCUT2D eigenvalue weighted by atomic mass is 9.93. The number of carbonyl (C=O) groups is 2. The summed E-state index contributed by atoms with van der Waals surface area (Å²) in [6.45, 7) is 3.74. The molecule has 0 aromatic heterocycles. The fourth-order valence-electron chi connectivity index (χ4n) is 3.06. The highest BCUT2D eigenvalue weighted by atomic mass is 19.1. The average Bonchev–Trinajstić information content (AvgIpc) is 3.27. The van der Waals surface area contributed by atoms with Crippen LogP contribution in [0.2, 0.25) is 0 Å². The number of hydrogen-bond donors (Lipinski definition) is 1. The van der Waals surface area contributed by atoms with Crippen LogP contribution in [0.1, 0.15) is 31.7 Å². The Morgan fingerprint density at radius 2 is 2.05 bits per heavy atom. The van der Waals surface area contributed by atoms with Crippen molar-refractivity contribution in [2.75, 3.05) is 11.4 Å². The van der Waals surface area contributed by atoms with Gasteiger partial charge in [0.15, 0.2) is 0 Å². The summed E-state index contributed by atoms with van der Waals surface area (Å²) in [5.74, 6) is -0.403. The van der Waals surface area contributed by atoms with Gasteiger partial charge in [-0.3, -0.25) is 9.59 Å². The van der Waals surface area contributed by atoms with Crippen LogP contribution in [0.4, 0.5) is 10.1 Å². The molecule has 1 saturated heterocycles. The van der Waals surface area contributed by atoms with E-state index in [-0.39, 0.29) is 36.5 Å². The summed E-state index contributed by atoms with van der Waals surface area (Å²) in [5, 5.41) is 2.88. The molecule has 1 aliphatic carbocycles. The molecular formula is C16H19FN2O2. The zero-order chi connectivity index (χ0) is 15.2. The predicted molar refractivity (Wildman–Crippen MR) is 77.4 cm³/mol. The minimum absolute atomic E-state index is 0.116. The Balaban J connectivity index is 2.03. The van der Waals surface area contributed by atoms with Crippen LogP contribution in [0.25, 0.3) is 0 Å². The highest BCUT2D eigenvalue weighted by Crippen LogP contribution is 2.42. The quantitative estimate of drug-likeness (QED) is 0.907. The Morgan fingerprint density at radius 1 is 1.33 bits per heavy atom. The van der Waals surface area contributed by atoms with E-state index in [0.717, 1.165) is 12.8 Å². The lowest BCUT2D eigenvalue weighted by Gasteiger charge is -2.33. The number of nitrogens with one attached hydrogen (secondary N) is 1. The number of carbonyl (C=O) groups excluding carboxylic acids is 2. The maximum Gasteiger partial charge on any atom is 0.252 e. The van der Waals surface area contributed by atoms with Gasteiger partial charge in [0.1, 0.15) is 11.4 Å². The molecule has 1 aromatic rings. The van der Waals surface area contributed by atoms with Crippen LogP contribution < -0.4 is 10.2 Å². The highest BCUT2D eigenvalue weighted by molar-refractivity contribution is 6.04. The van der Waals surface area contributed by atoms with Crippen LogP contribution in [0, 0.1) is 18.7 Å². The molecule has 1 unspecified atom stereocenters. The molecule has 1 heterocycles. The lowest BCUT2D eigenvalue weighted by Crippen LogP contribution is -2.57. The van der Waals surface area contributed by atoms with Crippen molar-refractivity contribution in [3.05, 3.63) is 29.6 Å². The first-order chi connectivity index (χ1) is 9.93. The van der Waals surface area contributed by atoms with E-state index in [1.807, 2.05) is 0 Å². The van der Waals surface area contributed by atoms with Crippen LogP contribution in [0.3, 0.4) is 0 Å². The Morgan fingerprint density at radius 3 is 2.71 bits per heavy atom. The van der Waals surface area contributed by atoms with Crippen molar-refractivity contribution in [2.45, 2.75) is 38.6 Å². The van der Waals surface area contributed by atoms with E-state index in [9.17, 15) is 14.0 Å². The standard InChI is InChI=1S/C16H19FN2O2/c1-10-12(17)4-3-5-13(10)19-9-8-14(20)18-16(2,15(19)21)11-6-7-11/h3-5,11H,6-9H2,1-2H3,(H,18,20). The minimum atomic E-state index is -0.869. The van der Waals surface area contributed by atoms with E-state index in [1.54, 1.807) is 30.9 Å². The summed E-state index contributed by atoms with van der Waals surface area (Å²) in [7, 11) is 0. The first-order valence-electron chi connectivity index (χ1n) is 7.31. The topological polar surface area (TPSA) is 49.4 Å². The van der Waals surface area contributed by atoms with Crippen molar-refractivity contribution in [3.8, 4) is 0 Å². The molecule has 1 atom stereocenters. The lowest BCUT2D eigenvalue weighted by molar-refractivity contribution is -0.130. The third-order valence-corrected chi connectivity index (χ3v) is 4.57. The van der Waals surface area contributed by atoms with Crippen molar-refractivity contribution in [3.63, 3.8) is 0 Å². The molecule has 2 amide bonds. The molecule has 2 aliphatic rings. The summed E-state index contributed by atoms with van der Waals surface area (Å²) < 4.78 is 13.8. The number of rotatable bonds is 2. The van der Waals surface area contributed by atoms with Gasteiger partial charge in [0.2, 0.25) is 5.91 Å². The van der Waals surface area contributed by atoms with Gasteiger partial charge in [0.25, 0.3) is 5.91 Å². The molecule has 0 bridgehead atoms. The largest absolute Gasteiger partial charge is 0.342 e. The smallest absolute Gasteiger partial charge is 0.252 e. The number of hydrogen-bond acceptors (Lipinski definition) is 2. The Kier molecular flexibility index (Phi) is 3.23. The summed E-state index contributed by atoms with van der Waals surface area (Å²) in [5.41, 5.74) is 0.133. The summed E-state index contributed by atoms with van der Waals surface area (Å²) >= 11 is 0. The van der Waals surface area contributed by atoms with Crippen LogP contribution in [-0.4, -0.2) is 23.9 Å². The number of benzene rings is 1. The van der Waals surface area contributed by atoms with Crippen molar-refractivity contribution in [2.24, 2.45) is 5.92 Å². The number of amides is 2. The second kappa shape index (κ2) is 4.83. The van der Waals surface area contributed by atoms with Crippen molar-refractivity contribution in [1.29, 1.82) is 0 Å². The third-order valence-electron chi connectivity index (χ3n) is 4.57. The van der Waals surface area contributed by atoms with E-state index in [0.29, 0.717) is 11.3 Å². The van der Waals surface area contributed by atoms with E-state index in [2.05, 4.69) is 5.32 Å². The fraction of sp³-hybridized carbons (Fsp3) is 0.500. The molecule has 0 spiro atoms. The Bertz CT molecular complexity index is 612. The molecule has 0 radical (unpaired) electrons. The third kappa shape index (κ3) is 2.30. The van der Waals surface area contributed by atoms with Gasteiger partial charge in [0, 0.05) is 24.2 Å². The molecule has 2 fully saturated rings. The second-order valence-electron chi connectivity index (χ2n) is 6.12. The normalized spacial score (nSPS) is 26.5. The molecule has 4 nitrogen and oxygen atoms in total. The Hall–Kier alpha value is -1.91. The molecular weight excluding hydrogens is 271 g/mol. The van der Waals surface area contributed by atoms with Gasteiger partial charge in [-0.25, -0.2) is 4.39 Å². The molecule has 5 heteroatoms. The minimum Gasteiger partial charge on any atom is -0.342 e. The Labute approximate surface area is 123 Å². The van der Waals surface area contributed by atoms with E-state index in [4.69, 9.17) is 0 Å². The number of anilines is 1. The van der Waals surface area contributed by atoms with Gasteiger partial charge >= 0.3 is 0 Å². The van der Waals surface area contributed by atoms with Gasteiger partial charge < -0.3 is 10.2 Å². The number of nitrogens with zero attached hydrogens (tertiary/aromatic N) is 1. The molecule has 21 heavy (non-hydrogen) atoms. The van der Waals surface area contributed by atoms with E-state index in [1.165, 1.54) is 6.07 Å². The van der Waals surface area contributed by atoms with Gasteiger partial charge in [-0.2, -0.15) is 0 Å². The maximum atomic E-state index is 13.8. The van der Waals surface area contributed by atoms with Gasteiger partial charge in [-0.15, -0.1) is 0 Å². The molecule has 1 aliphatic heterocycles. The zero-order valence-electron chi connectivity index (χ0n) is 12.3. The molecule has 1 aromatic carbocycles. The van der Waals surface area contributed by atoms with Gasteiger partial charge in [-0.05, 0) is 44.7 Å². The summed E-state index contributed by atoms with van der Waals surface area (Å²) in [4.78, 5) is 26.5. The van der Waals surface area contributed by atoms with Crippen molar-refractivity contribution in [1.82, 2.24) is 5.32 Å². The fourth-order valence-corrected chi connectivity index (χ4v) is 3.06. The molecule has 1 N–H and O–H groups in total. The van der Waals surface area contributed by atoms with Crippen molar-refractivity contribution < 1.29 is 14.0 Å². The molecule has 1 saturated carbocycles. The zero-order valence-corrected chi connectivity index (χ0v) is 12.3. The maximum absolute atomic E-state index is 13.8. The van der Waals surface area contributed by atoms with Crippen LogP contribution in [0.5, 0.6) is 0 Å². The second-order valence-corrected chi connectivity index (χ2v) is 6.12. The van der Waals surface area contributed by atoms with E-state index < -0.39 is 5.54 Å². The van der Waals surface area contributed by atoms with Crippen LogP contribution in [-0.2, 0) is 9.59 Å². The molecule has 112 valence electrons. The SMILES string of the molecule is Cc1c(F)cccc1N1CCC(=O)NC(C)(C2CC2)C1=O. The van der Waals surface area contributed by atoms with Gasteiger partial charge in [-0.1, -0.05) is 6.07 Å². The van der Waals surface area contributed by atoms with Crippen molar-refractivity contribution >= 4 is 17.5 Å². The van der Waals surface area contributed by atoms with E-state index >= 15 is 0 Å². The average molecular weight is 290 g/mol. The van der Waals surface area contributed by atoms with Gasteiger partial charge in [0.05, 0.1) is 0 Å². The molecule has 3 rings (SSSR count). The monoisotopic (exact) mass is 290 g/mol.